The van der Waals surface area contributed by atoms with Crippen molar-refractivity contribution in [2.24, 2.45) is 0 Å². The molecule has 96 valence electrons. The molecule has 0 radical (unpaired) electrons. The first-order valence-corrected chi connectivity index (χ1v) is 7.76. The average Bonchev–Trinajstić information content (AvgIpc) is 2.77. The fourth-order valence-corrected chi connectivity index (χ4v) is 3.55. The lowest BCUT2D eigenvalue weighted by Gasteiger charge is -2.22. The zero-order valence-corrected chi connectivity index (χ0v) is 11.1. The Morgan fingerprint density at radius 2 is 2.12 bits per heavy atom. The van der Waals surface area contributed by atoms with Gasteiger partial charge in [0.1, 0.15) is 9.84 Å². The summed E-state index contributed by atoms with van der Waals surface area (Å²) in [6.45, 7) is 2.08. The van der Waals surface area contributed by atoms with E-state index in [1.807, 2.05) is 24.1 Å². The Morgan fingerprint density at radius 3 is 2.71 bits per heavy atom. The molecule has 1 fully saturated rings. The lowest BCUT2D eigenvalue weighted by atomic mass is 10.1. The highest BCUT2D eigenvalue weighted by atomic mass is 32.2. The van der Waals surface area contributed by atoms with Crippen LogP contribution in [0.2, 0.25) is 0 Å². The van der Waals surface area contributed by atoms with Crippen molar-refractivity contribution < 1.29 is 8.42 Å². The van der Waals surface area contributed by atoms with Gasteiger partial charge in [-0.05, 0) is 26.8 Å². The van der Waals surface area contributed by atoms with Crippen molar-refractivity contribution in [3.63, 3.8) is 0 Å². The molecule has 2 rings (SSSR count). The van der Waals surface area contributed by atoms with Gasteiger partial charge in [-0.2, -0.15) is 5.10 Å². The van der Waals surface area contributed by atoms with Crippen molar-refractivity contribution in [2.45, 2.75) is 31.8 Å². The molecule has 0 amide bonds. The van der Waals surface area contributed by atoms with Crippen molar-refractivity contribution in [1.29, 1.82) is 0 Å². The third-order valence-corrected chi connectivity index (χ3v) is 5.17. The van der Waals surface area contributed by atoms with E-state index in [1.165, 1.54) is 0 Å². The zero-order chi connectivity index (χ0) is 12.5. The van der Waals surface area contributed by atoms with Gasteiger partial charge in [-0.3, -0.25) is 4.68 Å². The number of rotatable bonds is 3. The minimum atomic E-state index is -2.79. The molecule has 1 N–H and O–H groups in total. The van der Waals surface area contributed by atoms with Crippen LogP contribution in [0.5, 0.6) is 0 Å². The highest BCUT2D eigenvalue weighted by Crippen LogP contribution is 2.24. The van der Waals surface area contributed by atoms with Gasteiger partial charge < -0.3 is 5.32 Å². The van der Waals surface area contributed by atoms with Crippen LogP contribution in [0.4, 0.5) is 0 Å². The standard InChI is InChI=1S/C11H19N3O2S/c1-9(12-2)10-7-13-14(8-10)11-3-5-17(15,16)6-4-11/h7-9,11-12H,3-6H2,1-2H3. The number of hydrogen-bond acceptors (Lipinski definition) is 4. The lowest BCUT2D eigenvalue weighted by Crippen LogP contribution is -2.25. The molecule has 1 unspecified atom stereocenters. The predicted molar refractivity (Wildman–Crippen MR) is 66.6 cm³/mol. The summed E-state index contributed by atoms with van der Waals surface area (Å²) in [6, 6.07) is 0.507. The number of nitrogens with zero attached hydrogens (tertiary/aromatic N) is 2. The summed E-state index contributed by atoms with van der Waals surface area (Å²) in [6.07, 6.45) is 5.23. The molecule has 1 atom stereocenters. The van der Waals surface area contributed by atoms with Crippen LogP contribution in [0, 0.1) is 0 Å². The Bertz CT molecular complexity index is 467. The van der Waals surface area contributed by atoms with Crippen LogP contribution < -0.4 is 5.32 Å². The van der Waals surface area contributed by atoms with E-state index in [-0.39, 0.29) is 23.6 Å². The topological polar surface area (TPSA) is 64.0 Å². The summed E-state index contributed by atoms with van der Waals surface area (Å²) in [5.74, 6) is 0.572. The lowest BCUT2D eigenvalue weighted by molar-refractivity contribution is 0.413. The first-order chi connectivity index (χ1) is 8.02. The molecule has 1 saturated heterocycles. The molecular weight excluding hydrogens is 238 g/mol. The van der Waals surface area contributed by atoms with Gasteiger partial charge in [-0.25, -0.2) is 8.42 Å². The van der Waals surface area contributed by atoms with Gasteiger partial charge in [0.2, 0.25) is 0 Å². The summed E-state index contributed by atoms with van der Waals surface area (Å²) in [4.78, 5) is 0. The number of sulfone groups is 1. The summed E-state index contributed by atoms with van der Waals surface area (Å²) >= 11 is 0. The Labute approximate surface area is 102 Å². The minimum absolute atomic E-state index is 0.233. The van der Waals surface area contributed by atoms with Crippen molar-refractivity contribution in [3.8, 4) is 0 Å². The largest absolute Gasteiger partial charge is 0.313 e. The van der Waals surface area contributed by atoms with Crippen LogP contribution in [-0.2, 0) is 9.84 Å². The number of hydrogen-bond donors (Lipinski definition) is 1. The van der Waals surface area contributed by atoms with Crippen LogP contribution in [0.15, 0.2) is 12.4 Å². The van der Waals surface area contributed by atoms with Crippen molar-refractivity contribution in [2.75, 3.05) is 18.6 Å². The van der Waals surface area contributed by atoms with E-state index in [0.29, 0.717) is 12.8 Å². The van der Waals surface area contributed by atoms with Crippen LogP contribution in [0.1, 0.15) is 37.4 Å². The Kier molecular flexibility index (Phi) is 3.53. The molecule has 5 nitrogen and oxygen atoms in total. The molecular formula is C11H19N3O2S. The van der Waals surface area contributed by atoms with E-state index < -0.39 is 9.84 Å². The van der Waals surface area contributed by atoms with Crippen LogP contribution in [0.3, 0.4) is 0 Å². The van der Waals surface area contributed by atoms with E-state index in [2.05, 4.69) is 17.3 Å². The molecule has 6 heteroatoms. The maximum atomic E-state index is 11.3. The summed E-state index contributed by atoms with van der Waals surface area (Å²) in [5.41, 5.74) is 1.14. The third kappa shape index (κ3) is 2.87. The van der Waals surface area contributed by atoms with Crippen LogP contribution in [-0.4, -0.2) is 36.8 Å². The highest BCUT2D eigenvalue weighted by molar-refractivity contribution is 7.91. The fourth-order valence-electron chi connectivity index (χ4n) is 2.08. The Balaban J connectivity index is 2.06. The Morgan fingerprint density at radius 1 is 1.47 bits per heavy atom. The molecule has 0 bridgehead atoms. The molecule has 0 saturated carbocycles. The molecule has 17 heavy (non-hydrogen) atoms. The maximum Gasteiger partial charge on any atom is 0.150 e. The average molecular weight is 257 g/mol. The predicted octanol–water partition coefficient (Wildman–Crippen LogP) is 0.913. The van der Waals surface area contributed by atoms with Gasteiger partial charge in [0, 0.05) is 17.8 Å². The van der Waals surface area contributed by atoms with Crippen molar-refractivity contribution in [3.05, 3.63) is 18.0 Å². The van der Waals surface area contributed by atoms with E-state index in [0.717, 1.165) is 5.56 Å². The van der Waals surface area contributed by atoms with Gasteiger partial charge in [0.05, 0.1) is 23.7 Å². The Hall–Kier alpha value is -0.880. The quantitative estimate of drug-likeness (QED) is 0.874. The molecule has 1 aromatic rings. The highest BCUT2D eigenvalue weighted by Gasteiger charge is 2.25. The molecule has 1 aromatic heterocycles. The van der Waals surface area contributed by atoms with E-state index >= 15 is 0 Å². The van der Waals surface area contributed by atoms with Crippen LogP contribution in [0.25, 0.3) is 0 Å². The first-order valence-electron chi connectivity index (χ1n) is 5.93. The van der Waals surface area contributed by atoms with Gasteiger partial charge in [-0.1, -0.05) is 0 Å². The SMILES string of the molecule is CNC(C)c1cnn(C2CCS(=O)(=O)CC2)c1. The van der Waals surface area contributed by atoms with Gasteiger partial charge >= 0.3 is 0 Å². The second kappa shape index (κ2) is 4.78. The molecule has 1 aliphatic heterocycles. The van der Waals surface area contributed by atoms with Crippen molar-refractivity contribution in [1.82, 2.24) is 15.1 Å². The van der Waals surface area contributed by atoms with E-state index in [1.54, 1.807) is 0 Å². The summed E-state index contributed by atoms with van der Waals surface area (Å²) in [7, 11) is -0.879. The van der Waals surface area contributed by atoms with Gasteiger partial charge in [0.15, 0.2) is 0 Å². The second-order valence-corrected chi connectivity index (χ2v) is 6.95. The van der Waals surface area contributed by atoms with E-state index in [4.69, 9.17) is 0 Å². The zero-order valence-electron chi connectivity index (χ0n) is 10.3. The minimum Gasteiger partial charge on any atom is -0.313 e. The molecule has 0 aromatic carbocycles. The first kappa shape index (κ1) is 12.6. The number of aromatic nitrogens is 2. The molecule has 0 aliphatic carbocycles. The van der Waals surface area contributed by atoms with E-state index in [9.17, 15) is 8.42 Å². The monoisotopic (exact) mass is 257 g/mol. The van der Waals surface area contributed by atoms with Crippen LogP contribution >= 0.6 is 0 Å². The fraction of sp³-hybridized carbons (Fsp3) is 0.727. The smallest absolute Gasteiger partial charge is 0.150 e. The number of nitrogens with one attached hydrogen (secondary N) is 1. The molecule has 2 heterocycles. The molecule has 1 aliphatic rings. The molecule has 0 spiro atoms. The normalized spacial score (nSPS) is 22.5. The van der Waals surface area contributed by atoms with Gasteiger partial charge in [0.25, 0.3) is 0 Å². The third-order valence-electron chi connectivity index (χ3n) is 3.45. The van der Waals surface area contributed by atoms with Crippen molar-refractivity contribution >= 4 is 9.84 Å². The maximum absolute atomic E-state index is 11.3. The van der Waals surface area contributed by atoms with Gasteiger partial charge in [-0.15, -0.1) is 0 Å². The summed E-state index contributed by atoms with van der Waals surface area (Å²) in [5, 5.41) is 7.50. The summed E-state index contributed by atoms with van der Waals surface area (Å²) < 4.78 is 24.6. The second-order valence-electron chi connectivity index (χ2n) is 4.65.